The molecule has 0 aromatic rings. The van der Waals surface area contributed by atoms with Gasteiger partial charge in [-0.25, -0.2) is 0 Å². The van der Waals surface area contributed by atoms with Crippen molar-refractivity contribution in [3.05, 3.63) is 0 Å². The highest BCUT2D eigenvalue weighted by Crippen LogP contribution is 1.87. The summed E-state index contributed by atoms with van der Waals surface area (Å²) in [5, 5.41) is 6.04. The Morgan fingerprint density at radius 1 is 1.12 bits per heavy atom. The Hall–Kier alpha value is -0.0800. The maximum Gasteiger partial charge on any atom is 0.190 e. The zero-order chi connectivity index (χ0) is 12.1. The lowest BCUT2D eigenvalue weighted by atomic mass is 10.4. The maximum absolute atomic E-state index is 5.38. The fraction of sp³-hybridized carbons (Fsp3) is 0.909. The Morgan fingerprint density at radius 3 is 2.29 bits per heavy atom. The monoisotopic (exact) mass is 359 g/mol. The van der Waals surface area contributed by atoms with Crippen LogP contribution >= 0.6 is 24.0 Å². The van der Waals surface area contributed by atoms with Gasteiger partial charge in [-0.3, -0.25) is 4.99 Å². The topological polar surface area (TPSA) is 54.9 Å². The molecule has 0 radical (unpaired) electrons. The predicted octanol–water partition coefficient (Wildman–Crippen LogP) is 1.23. The third-order valence-electron chi connectivity index (χ3n) is 2.01. The van der Waals surface area contributed by atoms with Crippen molar-refractivity contribution in [3.8, 4) is 0 Å². The lowest BCUT2D eigenvalue weighted by Gasteiger charge is -2.09. The van der Waals surface area contributed by atoms with Crippen LogP contribution in [0.1, 0.15) is 19.8 Å². The molecule has 5 nitrogen and oxygen atoms in total. The number of aliphatic imine (C=N–C) groups is 1. The van der Waals surface area contributed by atoms with Crippen LogP contribution in [-0.4, -0.2) is 53.0 Å². The van der Waals surface area contributed by atoms with Gasteiger partial charge >= 0.3 is 0 Å². The zero-order valence-corrected chi connectivity index (χ0v) is 13.5. The fourth-order valence-corrected chi connectivity index (χ4v) is 1.09. The van der Waals surface area contributed by atoms with Crippen LogP contribution < -0.4 is 10.6 Å². The maximum atomic E-state index is 5.38. The third kappa shape index (κ3) is 13.9. The van der Waals surface area contributed by atoms with Gasteiger partial charge in [-0.05, 0) is 6.42 Å². The van der Waals surface area contributed by atoms with E-state index in [1.165, 1.54) is 6.42 Å². The minimum Gasteiger partial charge on any atom is -0.379 e. The molecule has 0 rings (SSSR count). The first-order valence-corrected chi connectivity index (χ1v) is 5.89. The van der Waals surface area contributed by atoms with E-state index in [2.05, 4.69) is 22.5 Å². The summed E-state index contributed by atoms with van der Waals surface area (Å²) in [7, 11) is 3.57. The first-order valence-electron chi connectivity index (χ1n) is 5.89. The van der Waals surface area contributed by atoms with E-state index in [1.54, 1.807) is 7.05 Å². The molecule has 0 saturated heterocycles. The highest BCUT2D eigenvalue weighted by atomic mass is 127. The molecule has 0 spiro atoms. The van der Waals surface area contributed by atoms with Crippen LogP contribution in [0.2, 0.25) is 0 Å². The largest absolute Gasteiger partial charge is 0.379 e. The molecule has 0 saturated carbocycles. The van der Waals surface area contributed by atoms with Crippen LogP contribution in [-0.2, 0) is 9.47 Å². The van der Waals surface area contributed by atoms with Gasteiger partial charge in [0.1, 0.15) is 0 Å². The number of nitrogens with zero attached hydrogens (tertiary/aromatic N) is 1. The van der Waals surface area contributed by atoms with Crippen molar-refractivity contribution >= 4 is 29.9 Å². The van der Waals surface area contributed by atoms with E-state index in [4.69, 9.17) is 9.47 Å². The summed E-state index contributed by atoms with van der Waals surface area (Å²) >= 11 is 0. The quantitative estimate of drug-likeness (QED) is 0.282. The lowest BCUT2D eigenvalue weighted by molar-refractivity contribution is 0.0487. The van der Waals surface area contributed by atoms with Gasteiger partial charge in [0.15, 0.2) is 5.96 Å². The highest BCUT2D eigenvalue weighted by Gasteiger charge is 1.93. The standard InChI is InChI=1S/C11H25N3O2.HI/c1-4-5-7-15-9-10-16-8-6-14-11(12-2)13-3;/h4-10H2,1-3H3,(H2,12,13,14);1H. The van der Waals surface area contributed by atoms with Gasteiger partial charge < -0.3 is 20.1 Å². The third-order valence-corrected chi connectivity index (χ3v) is 2.01. The van der Waals surface area contributed by atoms with E-state index in [1.807, 2.05) is 7.05 Å². The smallest absolute Gasteiger partial charge is 0.190 e. The number of guanidine groups is 1. The van der Waals surface area contributed by atoms with Crippen molar-refractivity contribution in [1.82, 2.24) is 10.6 Å². The summed E-state index contributed by atoms with van der Waals surface area (Å²) in [6.07, 6.45) is 2.30. The first kappa shape index (κ1) is 19.3. The SMILES string of the molecule is CCCCOCCOCCNC(=NC)NC.I. The summed E-state index contributed by atoms with van der Waals surface area (Å²) in [5.41, 5.74) is 0. The Balaban J connectivity index is 0. The molecule has 0 aromatic heterocycles. The van der Waals surface area contributed by atoms with E-state index in [0.717, 1.165) is 25.5 Å². The number of rotatable bonds is 9. The summed E-state index contributed by atoms with van der Waals surface area (Å²) in [5.74, 6) is 0.780. The summed E-state index contributed by atoms with van der Waals surface area (Å²) in [6, 6.07) is 0. The molecule has 6 heteroatoms. The number of ether oxygens (including phenoxy) is 2. The van der Waals surface area contributed by atoms with Crippen LogP contribution in [0.15, 0.2) is 4.99 Å². The molecule has 0 bridgehead atoms. The zero-order valence-electron chi connectivity index (χ0n) is 11.1. The van der Waals surface area contributed by atoms with Crippen LogP contribution in [0.4, 0.5) is 0 Å². The Labute approximate surface area is 122 Å². The number of hydrogen-bond donors (Lipinski definition) is 2. The van der Waals surface area contributed by atoms with Crippen LogP contribution in [0.5, 0.6) is 0 Å². The number of hydrogen-bond acceptors (Lipinski definition) is 3. The molecule has 0 aliphatic rings. The minimum absolute atomic E-state index is 0. The van der Waals surface area contributed by atoms with Gasteiger partial charge in [0, 0.05) is 27.2 Å². The van der Waals surface area contributed by atoms with Crippen molar-refractivity contribution in [1.29, 1.82) is 0 Å². The molecule has 17 heavy (non-hydrogen) atoms. The van der Waals surface area contributed by atoms with Gasteiger partial charge in [-0.2, -0.15) is 0 Å². The fourth-order valence-electron chi connectivity index (χ4n) is 1.09. The molecular weight excluding hydrogens is 333 g/mol. The van der Waals surface area contributed by atoms with Crippen molar-refractivity contribution < 1.29 is 9.47 Å². The molecule has 0 aliphatic carbocycles. The van der Waals surface area contributed by atoms with E-state index < -0.39 is 0 Å². The Morgan fingerprint density at radius 2 is 1.76 bits per heavy atom. The van der Waals surface area contributed by atoms with E-state index >= 15 is 0 Å². The van der Waals surface area contributed by atoms with Crippen molar-refractivity contribution in [3.63, 3.8) is 0 Å². The second kappa shape index (κ2) is 15.9. The number of halogens is 1. The molecule has 2 N–H and O–H groups in total. The molecule has 0 fully saturated rings. The average Bonchev–Trinajstić information content (AvgIpc) is 2.32. The Kier molecular flexibility index (Phi) is 18.0. The van der Waals surface area contributed by atoms with Gasteiger partial charge in [0.2, 0.25) is 0 Å². The summed E-state index contributed by atoms with van der Waals surface area (Å²) in [6.45, 7) is 5.75. The van der Waals surface area contributed by atoms with E-state index in [-0.39, 0.29) is 24.0 Å². The second-order valence-electron chi connectivity index (χ2n) is 3.33. The molecule has 104 valence electrons. The van der Waals surface area contributed by atoms with Crippen LogP contribution in [0, 0.1) is 0 Å². The highest BCUT2D eigenvalue weighted by molar-refractivity contribution is 14.0. The van der Waals surface area contributed by atoms with Gasteiger partial charge in [-0.1, -0.05) is 13.3 Å². The number of nitrogens with one attached hydrogen (secondary N) is 2. The number of unbranched alkanes of at least 4 members (excludes halogenated alkanes) is 1. The van der Waals surface area contributed by atoms with Crippen molar-refractivity contribution in [2.24, 2.45) is 4.99 Å². The molecule has 0 atom stereocenters. The second-order valence-corrected chi connectivity index (χ2v) is 3.33. The summed E-state index contributed by atoms with van der Waals surface area (Å²) in [4.78, 5) is 3.99. The van der Waals surface area contributed by atoms with Crippen LogP contribution in [0.3, 0.4) is 0 Å². The van der Waals surface area contributed by atoms with Crippen LogP contribution in [0.25, 0.3) is 0 Å². The van der Waals surface area contributed by atoms with E-state index in [9.17, 15) is 0 Å². The molecule has 0 aliphatic heterocycles. The Bertz CT molecular complexity index is 180. The van der Waals surface area contributed by atoms with Crippen molar-refractivity contribution in [2.45, 2.75) is 19.8 Å². The van der Waals surface area contributed by atoms with Crippen molar-refractivity contribution in [2.75, 3.05) is 47.1 Å². The molecule has 0 heterocycles. The molecule has 0 aromatic carbocycles. The average molecular weight is 359 g/mol. The predicted molar refractivity (Wildman–Crippen MR) is 82.4 cm³/mol. The summed E-state index contributed by atoms with van der Waals surface area (Å²) < 4.78 is 10.7. The van der Waals surface area contributed by atoms with Gasteiger partial charge in [0.05, 0.1) is 19.8 Å². The minimum atomic E-state index is 0. The normalized spacial score (nSPS) is 10.9. The van der Waals surface area contributed by atoms with Gasteiger partial charge in [-0.15, -0.1) is 24.0 Å². The van der Waals surface area contributed by atoms with Gasteiger partial charge in [0.25, 0.3) is 0 Å². The van der Waals surface area contributed by atoms with E-state index in [0.29, 0.717) is 19.8 Å². The molecular formula is C11H26IN3O2. The molecule has 0 unspecified atom stereocenters. The first-order chi connectivity index (χ1) is 7.85. The lowest BCUT2D eigenvalue weighted by Crippen LogP contribution is -2.36. The molecule has 0 amide bonds.